The highest BCUT2D eigenvalue weighted by Crippen LogP contribution is 2.21. The number of piperidine rings is 1. The number of aryl methyl sites for hydroxylation is 2. The maximum absolute atomic E-state index is 12.0. The quantitative estimate of drug-likeness (QED) is 0.538. The first kappa shape index (κ1) is 21.4. The van der Waals surface area contributed by atoms with Crippen LogP contribution in [0.4, 0.5) is 17.1 Å². The van der Waals surface area contributed by atoms with E-state index in [1.807, 2.05) is 56.3 Å². The van der Waals surface area contributed by atoms with Crippen molar-refractivity contribution in [1.29, 1.82) is 0 Å². The molecular formula is C23H28N4O3. The minimum absolute atomic E-state index is 0.277. The van der Waals surface area contributed by atoms with E-state index in [0.717, 1.165) is 30.4 Å². The number of amides is 2. The van der Waals surface area contributed by atoms with Crippen LogP contribution in [0.1, 0.15) is 30.4 Å². The number of carbonyl (C=O) groups is 2. The second kappa shape index (κ2) is 10.4. The topological polar surface area (TPSA) is 83.0 Å². The van der Waals surface area contributed by atoms with Crippen LogP contribution in [-0.2, 0) is 14.4 Å². The predicted molar refractivity (Wildman–Crippen MR) is 120 cm³/mol. The van der Waals surface area contributed by atoms with Gasteiger partial charge in [0.05, 0.1) is 0 Å². The van der Waals surface area contributed by atoms with Crippen molar-refractivity contribution >= 4 is 35.1 Å². The van der Waals surface area contributed by atoms with Crippen LogP contribution in [-0.4, -0.2) is 37.7 Å². The first-order valence-electron chi connectivity index (χ1n) is 10.2. The van der Waals surface area contributed by atoms with Gasteiger partial charge in [-0.1, -0.05) is 22.9 Å². The maximum Gasteiger partial charge on any atom is 0.270 e. The van der Waals surface area contributed by atoms with Gasteiger partial charge in [0.1, 0.15) is 6.21 Å². The summed E-state index contributed by atoms with van der Waals surface area (Å²) in [4.78, 5) is 31.2. The number of hydrogen-bond acceptors (Lipinski definition) is 5. The van der Waals surface area contributed by atoms with Gasteiger partial charge in [0.2, 0.25) is 0 Å². The highest BCUT2D eigenvalue weighted by molar-refractivity contribution is 6.31. The summed E-state index contributed by atoms with van der Waals surface area (Å²) in [6.45, 7) is 5.78. The van der Waals surface area contributed by atoms with Crippen LogP contribution in [0.5, 0.6) is 0 Å². The number of oxime groups is 1. The van der Waals surface area contributed by atoms with Crippen LogP contribution in [0.25, 0.3) is 0 Å². The third-order valence-electron chi connectivity index (χ3n) is 4.95. The van der Waals surface area contributed by atoms with Crippen molar-refractivity contribution in [1.82, 2.24) is 0 Å². The van der Waals surface area contributed by atoms with Crippen LogP contribution in [0, 0.1) is 13.8 Å². The van der Waals surface area contributed by atoms with Gasteiger partial charge in [-0.2, -0.15) is 0 Å². The van der Waals surface area contributed by atoms with Crippen molar-refractivity contribution in [2.24, 2.45) is 5.16 Å². The molecule has 0 bridgehead atoms. The normalized spacial score (nSPS) is 13.9. The predicted octanol–water partition coefficient (Wildman–Crippen LogP) is 3.87. The zero-order valence-corrected chi connectivity index (χ0v) is 17.5. The van der Waals surface area contributed by atoms with E-state index in [4.69, 9.17) is 4.84 Å². The van der Waals surface area contributed by atoms with E-state index in [2.05, 4.69) is 20.7 Å². The van der Waals surface area contributed by atoms with Gasteiger partial charge in [-0.25, -0.2) is 0 Å². The van der Waals surface area contributed by atoms with Gasteiger partial charge in [0.15, 0.2) is 6.61 Å². The summed E-state index contributed by atoms with van der Waals surface area (Å²) in [7, 11) is 0. The zero-order valence-electron chi connectivity index (χ0n) is 17.5. The maximum atomic E-state index is 12.0. The van der Waals surface area contributed by atoms with Crippen LogP contribution in [0.2, 0.25) is 0 Å². The van der Waals surface area contributed by atoms with E-state index < -0.39 is 5.91 Å². The molecule has 2 aromatic carbocycles. The Balaban J connectivity index is 1.40. The molecule has 2 aromatic rings. The second-order valence-corrected chi connectivity index (χ2v) is 7.46. The number of nitrogens with zero attached hydrogens (tertiary/aromatic N) is 2. The average molecular weight is 409 g/mol. The molecule has 1 aliphatic rings. The van der Waals surface area contributed by atoms with E-state index >= 15 is 0 Å². The molecule has 7 nitrogen and oxygen atoms in total. The molecule has 3 rings (SSSR count). The molecule has 0 radical (unpaired) electrons. The van der Waals surface area contributed by atoms with E-state index in [9.17, 15) is 9.59 Å². The van der Waals surface area contributed by atoms with E-state index in [-0.39, 0.29) is 12.5 Å². The minimum Gasteiger partial charge on any atom is -0.385 e. The molecule has 0 saturated carbocycles. The highest BCUT2D eigenvalue weighted by Gasteiger charge is 2.11. The number of carbonyl (C=O) groups excluding carboxylic acids is 2. The summed E-state index contributed by atoms with van der Waals surface area (Å²) in [5, 5.41) is 9.05. The van der Waals surface area contributed by atoms with Gasteiger partial charge < -0.3 is 20.4 Å². The molecule has 30 heavy (non-hydrogen) atoms. The van der Waals surface area contributed by atoms with Crippen molar-refractivity contribution in [2.75, 3.05) is 35.2 Å². The lowest BCUT2D eigenvalue weighted by atomic mass is 10.1. The lowest BCUT2D eigenvalue weighted by molar-refractivity contribution is -0.120. The van der Waals surface area contributed by atoms with E-state index in [0.29, 0.717) is 11.4 Å². The minimum atomic E-state index is -0.421. The van der Waals surface area contributed by atoms with Crippen molar-refractivity contribution in [3.63, 3.8) is 0 Å². The first-order chi connectivity index (χ1) is 14.5. The van der Waals surface area contributed by atoms with Crippen molar-refractivity contribution in [3.8, 4) is 0 Å². The molecule has 2 N–H and O–H groups in total. The summed E-state index contributed by atoms with van der Waals surface area (Å²) in [5.74, 6) is -0.761. The van der Waals surface area contributed by atoms with Gasteiger partial charge in [0.25, 0.3) is 11.8 Å². The molecule has 7 heteroatoms. The molecule has 0 atom stereocenters. The van der Waals surface area contributed by atoms with Gasteiger partial charge in [-0.05, 0) is 69.0 Å². The first-order valence-corrected chi connectivity index (χ1v) is 10.2. The number of nitrogens with one attached hydrogen (secondary N) is 2. The molecular weight excluding hydrogens is 380 g/mol. The fraction of sp³-hybridized carbons (Fsp3) is 0.348. The lowest BCUT2D eigenvalue weighted by Gasteiger charge is -2.28. The molecule has 1 saturated heterocycles. The summed E-state index contributed by atoms with van der Waals surface area (Å²) in [6.07, 6.45) is 4.75. The average Bonchev–Trinajstić information content (AvgIpc) is 2.74. The molecule has 1 fully saturated rings. The third-order valence-corrected chi connectivity index (χ3v) is 4.95. The van der Waals surface area contributed by atoms with Crippen molar-refractivity contribution in [2.45, 2.75) is 33.1 Å². The Kier molecular flexibility index (Phi) is 7.43. The van der Waals surface area contributed by atoms with Crippen LogP contribution < -0.4 is 15.5 Å². The fourth-order valence-corrected chi connectivity index (χ4v) is 3.40. The Labute approximate surface area is 177 Å². The summed E-state index contributed by atoms with van der Waals surface area (Å²) in [5.41, 5.74) is 4.66. The fourth-order valence-electron chi connectivity index (χ4n) is 3.40. The standard InChI is InChI=1S/C23H28N4O3/c1-17-6-11-21(18(2)14-17)26-22(28)15-24-30-16-23(29)25-19-7-9-20(10-8-19)27-12-4-3-5-13-27/h6-11,14-15H,3-5,12-13,16H2,1-2H3,(H,25,29)(H,26,28)/b24-15-. The molecule has 0 unspecified atom stereocenters. The largest absolute Gasteiger partial charge is 0.385 e. The number of benzene rings is 2. The highest BCUT2D eigenvalue weighted by atomic mass is 16.6. The van der Waals surface area contributed by atoms with Gasteiger partial charge in [0, 0.05) is 30.2 Å². The Morgan fingerprint density at radius 2 is 1.77 bits per heavy atom. The smallest absolute Gasteiger partial charge is 0.270 e. The zero-order chi connectivity index (χ0) is 21.3. The monoisotopic (exact) mass is 408 g/mol. The molecule has 2 amide bonds. The third kappa shape index (κ3) is 6.34. The molecule has 0 aromatic heterocycles. The Hall–Kier alpha value is -3.35. The van der Waals surface area contributed by atoms with Crippen LogP contribution in [0.15, 0.2) is 47.6 Å². The number of rotatable bonds is 7. The lowest BCUT2D eigenvalue weighted by Crippen LogP contribution is -2.29. The van der Waals surface area contributed by atoms with Crippen molar-refractivity contribution in [3.05, 3.63) is 53.6 Å². The SMILES string of the molecule is Cc1ccc(NC(=O)/C=N\OCC(=O)Nc2ccc(N3CCCCC3)cc2)c(C)c1. The molecule has 0 aliphatic carbocycles. The van der Waals surface area contributed by atoms with Crippen LogP contribution >= 0.6 is 0 Å². The van der Waals surface area contributed by atoms with Gasteiger partial charge in [-0.3, -0.25) is 9.59 Å². The van der Waals surface area contributed by atoms with Crippen LogP contribution in [0.3, 0.4) is 0 Å². The summed E-state index contributed by atoms with van der Waals surface area (Å²) >= 11 is 0. The van der Waals surface area contributed by atoms with Gasteiger partial charge >= 0.3 is 0 Å². The Morgan fingerprint density at radius 1 is 1.03 bits per heavy atom. The summed E-state index contributed by atoms with van der Waals surface area (Å²) in [6, 6.07) is 13.5. The Morgan fingerprint density at radius 3 is 2.47 bits per heavy atom. The number of hydrogen-bond donors (Lipinski definition) is 2. The van der Waals surface area contributed by atoms with E-state index in [1.165, 1.54) is 24.9 Å². The molecule has 1 aliphatic heterocycles. The van der Waals surface area contributed by atoms with E-state index in [1.54, 1.807) is 0 Å². The molecule has 158 valence electrons. The Bertz CT molecular complexity index is 903. The second-order valence-electron chi connectivity index (χ2n) is 7.46. The summed E-state index contributed by atoms with van der Waals surface area (Å²) < 4.78 is 0. The van der Waals surface area contributed by atoms with Crippen molar-refractivity contribution < 1.29 is 14.4 Å². The van der Waals surface area contributed by atoms with Gasteiger partial charge in [-0.15, -0.1) is 0 Å². The molecule has 0 spiro atoms. The molecule has 1 heterocycles. The number of anilines is 3.